The van der Waals surface area contributed by atoms with E-state index >= 15 is 0 Å². The predicted molar refractivity (Wildman–Crippen MR) is 119 cm³/mol. The lowest BCUT2D eigenvalue weighted by Gasteiger charge is -2.12. The molecule has 0 spiro atoms. The molecule has 2 aromatic carbocycles. The van der Waals surface area contributed by atoms with E-state index in [-0.39, 0.29) is 5.70 Å². The molecule has 2 N–H and O–H groups in total. The molecule has 0 radical (unpaired) electrons. The fourth-order valence-corrected chi connectivity index (χ4v) is 3.47. The quantitative estimate of drug-likeness (QED) is 0.470. The van der Waals surface area contributed by atoms with Gasteiger partial charge in [0.2, 0.25) is 5.91 Å². The number of aromatic nitrogens is 1. The van der Waals surface area contributed by atoms with E-state index in [9.17, 15) is 14.4 Å². The lowest BCUT2D eigenvalue weighted by Crippen LogP contribution is -2.38. The van der Waals surface area contributed by atoms with Crippen LogP contribution in [0.3, 0.4) is 0 Å². The number of nitrogens with zero attached hydrogens (tertiary/aromatic N) is 2. The number of rotatable bonds is 5. The smallest absolute Gasteiger partial charge is 0.325 e. The van der Waals surface area contributed by atoms with Crippen molar-refractivity contribution in [2.24, 2.45) is 0 Å². The van der Waals surface area contributed by atoms with E-state index in [2.05, 4.69) is 10.6 Å². The maximum Gasteiger partial charge on any atom is 0.329 e. The average Bonchev–Trinajstić information content (AvgIpc) is 3.24. The number of benzene rings is 2. The first-order chi connectivity index (χ1) is 14.9. The van der Waals surface area contributed by atoms with Gasteiger partial charge in [-0.05, 0) is 61.5 Å². The molecule has 1 aliphatic rings. The van der Waals surface area contributed by atoms with E-state index in [1.807, 2.05) is 54.0 Å². The highest BCUT2D eigenvalue weighted by atomic mass is 35.5. The van der Waals surface area contributed by atoms with Gasteiger partial charge in [-0.15, -0.1) is 0 Å². The molecule has 3 aromatic rings. The van der Waals surface area contributed by atoms with Crippen LogP contribution < -0.4 is 10.6 Å². The summed E-state index contributed by atoms with van der Waals surface area (Å²) < 4.78 is 1.97. The summed E-state index contributed by atoms with van der Waals surface area (Å²) in [5, 5.41) is 5.73. The summed E-state index contributed by atoms with van der Waals surface area (Å²) >= 11 is 5.83. The largest absolute Gasteiger partial charge is 0.329 e. The molecule has 0 atom stereocenters. The molecule has 1 aromatic heterocycles. The second kappa shape index (κ2) is 8.49. The number of hydrogen-bond donors (Lipinski definition) is 2. The van der Waals surface area contributed by atoms with Crippen molar-refractivity contribution in [1.82, 2.24) is 14.8 Å². The number of urea groups is 1. The third-order valence-corrected chi connectivity index (χ3v) is 5.06. The van der Waals surface area contributed by atoms with Crippen molar-refractivity contribution in [2.75, 3.05) is 11.9 Å². The van der Waals surface area contributed by atoms with Crippen molar-refractivity contribution < 1.29 is 14.4 Å². The topological polar surface area (TPSA) is 83.4 Å². The van der Waals surface area contributed by atoms with Gasteiger partial charge in [-0.2, -0.15) is 0 Å². The van der Waals surface area contributed by atoms with Gasteiger partial charge in [-0.3, -0.25) is 9.59 Å². The van der Waals surface area contributed by atoms with E-state index in [4.69, 9.17) is 11.6 Å². The van der Waals surface area contributed by atoms with Crippen LogP contribution in [0.1, 0.15) is 11.4 Å². The minimum atomic E-state index is -0.642. The molecule has 8 heteroatoms. The van der Waals surface area contributed by atoms with Gasteiger partial charge in [0, 0.05) is 27.8 Å². The maximum absolute atomic E-state index is 12.8. The van der Waals surface area contributed by atoms with Gasteiger partial charge in [0.05, 0.1) is 0 Å². The van der Waals surface area contributed by atoms with Crippen LogP contribution in [0.5, 0.6) is 0 Å². The van der Waals surface area contributed by atoms with Gasteiger partial charge >= 0.3 is 6.03 Å². The number of halogens is 1. The Hall–Kier alpha value is -3.84. The fraction of sp³-hybridized carbons (Fsp3) is 0.0870. The normalized spacial score (nSPS) is 14.8. The summed E-state index contributed by atoms with van der Waals surface area (Å²) in [4.78, 5) is 38.3. The van der Waals surface area contributed by atoms with Crippen LogP contribution in [0.2, 0.25) is 5.02 Å². The third-order valence-electron chi connectivity index (χ3n) is 4.80. The number of nitrogens with one attached hydrogen (secondary N) is 2. The van der Waals surface area contributed by atoms with Crippen LogP contribution in [0, 0.1) is 6.92 Å². The Morgan fingerprint density at radius 3 is 2.45 bits per heavy atom. The zero-order chi connectivity index (χ0) is 22.0. The summed E-state index contributed by atoms with van der Waals surface area (Å²) in [5.41, 5.74) is 3.29. The second-order valence-corrected chi connectivity index (χ2v) is 7.44. The third kappa shape index (κ3) is 4.36. The van der Waals surface area contributed by atoms with Crippen LogP contribution in [-0.4, -0.2) is 33.9 Å². The molecular weight excluding hydrogens is 416 g/mol. The number of para-hydroxylation sites is 1. The summed E-state index contributed by atoms with van der Waals surface area (Å²) in [6.07, 6.45) is 1.61. The molecule has 1 aliphatic heterocycles. The van der Waals surface area contributed by atoms with E-state index in [1.54, 1.807) is 30.3 Å². The Morgan fingerprint density at radius 2 is 1.74 bits per heavy atom. The molecule has 0 aliphatic carbocycles. The van der Waals surface area contributed by atoms with Gasteiger partial charge in [0.25, 0.3) is 5.91 Å². The van der Waals surface area contributed by atoms with Crippen molar-refractivity contribution in [1.29, 1.82) is 0 Å². The molecule has 7 nitrogen and oxygen atoms in total. The summed E-state index contributed by atoms with van der Waals surface area (Å²) in [6.45, 7) is 1.56. The first-order valence-electron chi connectivity index (χ1n) is 9.56. The Morgan fingerprint density at radius 1 is 1.03 bits per heavy atom. The zero-order valence-corrected chi connectivity index (χ0v) is 17.4. The minimum Gasteiger partial charge on any atom is -0.325 e. The molecule has 1 saturated heterocycles. The van der Waals surface area contributed by atoms with E-state index < -0.39 is 24.4 Å². The van der Waals surface area contributed by atoms with Gasteiger partial charge in [0.1, 0.15) is 12.2 Å². The number of anilines is 1. The zero-order valence-electron chi connectivity index (χ0n) is 16.6. The molecule has 4 rings (SSSR count). The Bertz CT molecular complexity index is 1180. The van der Waals surface area contributed by atoms with Crippen molar-refractivity contribution >= 4 is 41.2 Å². The molecule has 156 valence electrons. The Kier molecular flexibility index (Phi) is 5.60. The van der Waals surface area contributed by atoms with Crippen molar-refractivity contribution in [3.05, 3.63) is 88.8 Å². The highest BCUT2D eigenvalue weighted by Gasteiger charge is 2.35. The summed E-state index contributed by atoms with van der Waals surface area (Å²) in [7, 11) is 0. The predicted octanol–water partition coefficient (Wildman–Crippen LogP) is 3.97. The van der Waals surface area contributed by atoms with Gasteiger partial charge in [-0.1, -0.05) is 29.8 Å². The SMILES string of the molecule is Cc1ccc(/C=C2\NC(=O)N(CC(=O)Nc3ccc(Cl)cc3)C2=O)n1-c1ccccc1. The Labute approximate surface area is 183 Å². The van der Waals surface area contributed by atoms with Crippen LogP contribution in [0.15, 0.2) is 72.4 Å². The maximum atomic E-state index is 12.8. The number of aryl methyl sites for hydroxylation is 1. The molecule has 2 heterocycles. The first-order valence-corrected chi connectivity index (χ1v) is 9.94. The van der Waals surface area contributed by atoms with Crippen molar-refractivity contribution in [3.63, 3.8) is 0 Å². The lowest BCUT2D eigenvalue weighted by molar-refractivity contribution is -0.127. The van der Waals surface area contributed by atoms with Crippen LogP contribution in [-0.2, 0) is 9.59 Å². The van der Waals surface area contributed by atoms with Gasteiger partial charge in [0.15, 0.2) is 0 Å². The average molecular weight is 435 g/mol. The molecule has 0 saturated carbocycles. The number of carbonyl (C=O) groups is 3. The molecule has 0 bridgehead atoms. The van der Waals surface area contributed by atoms with Gasteiger partial charge < -0.3 is 15.2 Å². The minimum absolute atomic E-state index is 0.111. The summed E-state index contributed by atoms with van der Waals surface area (Å²) in [5.74, 6) is -1.05. The number of amides is 4. The van der Waals surface area contributed by atoms with Crippen LogP contribution >= 0.6 is 11.6 Å². The van der Waals surface area contributed by atoms with Gasteiger partial charge in [-0.25, -0.2) is 9.69 Å². The number of imide groups is 1. The molecule has 31 heavy (non-hydrogen) atoms. The Balaban J connectivity index is 1.52. The van der Waals surface area contributed by atoms with Crippen molar-refractivity contribution in [3.8, 4) is 5.69 Å². The monoisotopic (exact) mass is 434 g/mol. The van der Waals surface area contributed by atoms with E-state index in [0.29, 0.717) is 10.7 Å². The highest BCUT2D eigenvalue weighted by Crippen LogP contribution is 2.21. The molecule has 4 amide bonds. The molecular formula is C23H19ClN4O3. The fourth-order valence-electron chi connectivity index (χ4n) is 3.34. The first kappa shape index (κ1) is 20.4. The van der Waals surface area contributed by atoms with Crippen LogP contribution in [0.25, 0.3) is 11.8 Å². The molecule has 1 fully saturated rings. The number of hydrogen-bond acceptors (Lipinski definition) is 3. The highest BCUT2D eigenvalue weighted by molar-refractivity contribution is 6.30. The van der Waals surface area contributed by atoms with Crippen LogP contribution in [0.4, 0.5) is 10.5 Å². The van der Waals surface area contributed by atoms with Crippen molar-refractivity contribution in [2.45, 2.75) is 6.92 Å². The second-order valence-electron chi connectivity index (χ2n) is 7.01. The number of carbonyl (C=O) groups excluding carboxylic acids is 3. The molecule has 0 unspecified atom stereocenters. The van der Waals surface area contributed by atoms with E-state index in [1.165, 1.54) is 0 Å². The standard InChI is InChI=1S/C23H19ClN4O3/c1-15-7-12-19(28(15)18-5-3-2-4-6-18)13-20-22(30)27(23(31)26-20)14-21(29)25-17-10-8-16(24)9-11-17/h2-13H,14H2,1H3,(H,25,29)(H,26,31)/b20-13-. The van der Waals surface area contributed by atoms with E-state index in [0.717, 1.165) is 22.0 Å². The summed E-state index contributed by atoms with van der Waals surface area (Å²) in [6, 6.07) is 19.4. The lowest BCUT2D eigenvalue weighted by atomic mass is 10.2.